The van der Waals surface area contributed by atoms with Gasteiger partial charge in [-0.3, -0.25) is 0 Å². The lowest BCUT2D eigenvalue weighted by atomic mass is 10.2. The lowest BCUT2D eigenvalue weighted by Crippen LogP contribution is -2.23. The molecule has 0 bridgehead atoms. The normalized spacial score (nSPS) is 11.7. The largest absolute Gasteiger partial charge is 0.497 e. The summed E-state index contributed by atoms with van der Waals surface area (Å²) in [4.78, 5) is 4.73. The first-order chi connectivity index (χ1) is 12.3. The van der Waals surface area contributed by atoms with Crippen molar-refractivity contribution < 1.29 is 13.2 Å². The van der Waals surface area contributed by atoms with Crippen molar-refractivity contribution in [3.05, 3.63) is 52.7 Å². The molecule has 1 N–H and O–H groups in total. The first-order valence-corrected chi connectivity index (χ1v) is 10.4. The van der Waals surface area contributed by atoms with Gasteiger partial charge in [0.1, 0.15) is 15.7 Å². The van der Waals surface area contributed by atoms with E-state index in [1.165, 1.54) is 11.3 Å². The molecule has 0 saturated heterocycles. The molecule has 0 aliphatic heterocycles. The Bertz CT molecular complexity index is 1040. The van der Waals surface area contributed by atoms with E-state index >= 15 is 0 Å². The van der Waals surface area contributed by atoms with Crippen LogP contribution in [0.3, 0.4) is 0 Å². The maximum atomic E-state index is 12.8. The summed E-state index contributed by atoms with van der Waals surface area (Å²) in [5.41, 5.74) is 3.22. The highest BCUT2D eigenvalue weighted by atomic mass is 32.2. The third-order valence-electron chi connectivity index (χ3n) is 4.22. The zero-order valence-corrected chi connectivity index (χ0v) is 16.7. The van der Waals surface area contributed by atoms with Crippen LogP contribution in [0.25, 0.3) is 10.7 Å². The molecule has 0 fully saturated rings. The fourth-order valence-electron chi connectivity index (χ4n) is 2.66. The Morgan fingerprint density at radius 1 is 1.27 bits per heavy atom. The lowest BCUT2D eigenvalue weighted by Gasteiger charge is -2.08. The van der Waals surface area contributed by atoms with Gasteiger partial charge < -0.3 is 9.30 Å². The fourth-order valence-corrected chi connectivity index (χ4v) is 4.81. The lowest BCUT2D eigenvalue weighted by molar-refractivity contribution is 0.414. The molecule has 138 valence electrons. The maximum Gasteiger partial charge on any atom is 0.242 e. The summed E-state index contributed by atoms with van der Waals surface area (Å²) in [7, 11) is -0.215. The van der Waals surface area contributed by atoms with Crippen molar-refractivity contribution in [1.29, 1.82) is 0 Å². The number of rotatable bonds is 6. The molecule has 0 unspecified atom stereocenters. The summed E-state index contributed by atoms with van der Waals surface area (Å²) in [5.74, 6) is 0.694. The van der Waals surface area contributed by atoms with Crippen LogP contribution >= 0.6 is 11.3 Å². The van der Waals surface area contributed by atoms with Crippen LogP contribution in [0.15, 0.2) is 40.6 Å². The summed E-state index contributed by atoms with van der Waals surface area (Å²) >= 11 is 1.50. The molecule has 0 spiro atoms. The molecule has 0 amide bonds. The smallest absolute Gasteiger partial charge is 0.242 e. The van der Waals surface area contributed by atoms with E-state index in [4.69, 9.17) is 4.74 Å². The Labute approximate surface area is 157 Å². The SMILES string of the molecule is COc1cccc(CNS(=O)(=O)c2cc(-c3nc(C)cs3)n(C)c2C)c1. The van der Waals surface area contributed by atoms with Crippen molar-refractivity contribution in [1.82, 2.24) is 14.3 Å². The summed E-state index contributed by atoms with van der Waals surface area (Å²) in [5, 5.41) is 2.76. The van der Waals surface area contributed by atoms with E-state index in [0.29, 0.717) is 11.4 Å². The zero-order chi connectivity index (χ0) is 18.9. The molecule has 6 nitrogen and oxygen atoms in total. The van der Waals surface area contributed by atoms with Gasteiger partial charge in [0.25, 0.3) is 0 Å². The molecular weight excluding hydrogens is 370 g/mol. The van der Waals surface area contributed by atoms with E-state index in [1.807, 2.05) is 48.2 Å². The minimum Gasteiger partial charge on any atom is -0.497 e. The van der Waals surface area contributed by atoms with Gasteiger partial charge in [0.15, 0.2) is 0 Å². The third kappa shape index (κ3) is 3.67. The molecule has 8 heteroatoms. The van der Waals surface area contributed by atoms with Crippen molar-refractivity contribution >= 4 is 21.4 Å². The van der Waals surface area contributed by atoms with Gasteiger partial charge in [0, 0.05) is 30.4 Å². The molecule has 2 heterocycles. The van der Waals surface area contributed by atoms with Gasteiger partial charge in [-0.1, -0.05) is 12.1 Å². The number of hydrogen-bond acceptors (Lipinski definition) is 5. The number of hydrogen-bond donors (Lipinski definition) is 1. The van der Waals surface area contributed by atoms with Gasteiger partial charge in [0.2, 0.25) is 10.0 Å². The number of thiazole rings is 1. The molecule has 1 aromatic carbocycles. The number of nitrogens with zero attached hydrogens (tertiary/aromatic N) is 2. The van der Waals surface area contributed by atoms with Gasteiger partial charge in [-0.05, 0) is 37.6 Å². The third-order valence-corrected chi connectivity index (χ3v) is 6.72. The molecule has 0 saturated carbocycles. The van der Waals surface area contributed by atoms with Crippen LogP contribution in [-0.2, 0) is 23.6 Å². The van der Waals surface area contributed by atoms with Crippen molar-refractivity contribution in [3.63, 3.8) is 0 Å². The second kappa shape index (κ2) is 7.22. The second-order valence-corrected chi connectivity index (χ2v) is 8.60. The van der Waals surface area contributed by atoms with E-state index in [1.54, 1.807) is 20.1 Å². The number of aryl methyl sites for hydroxylation is 1. The fraction of sp³-hybridized carbons (Fsp3) is 0.278. The molecule has 0 radical (unpaired) electrons. The Balaban J connectivity index is 1.87. The van der Waals surface area contributed by atoms with Crippen LogP contribution in [0, 0.1) is 13.8 Å². The predicted molar refractivity (Wildman–Crippen MR) is 103 cm³/mol. The molecule has 0 aliphatic carbocycles. The summed E-state index contributed by atoms with van der Waals surface area (Å²) in [6.07, 6.45) is 0. The molecule has 3 rings (SSSR count). The molecule has 3 aromatic rings. The first kappa shape index (κ1) is 18.6. The average molecular weight is 392 g/mol. The number of sulfonamides is 1. The van der Waals surface area contributed by atoms with E-state index in [2.05, 4.69) is 9.71 Å². The highest BCUT2D eigenvalue weighted by Crippen LogP contribution is 2.29. The Kier molecular flexibility index (Phi) is 5.17. The highest BCUT2D eigenvalue weighted by Gasteiger charge is 2.23. The van der Waals surface area contributed by atoms with Crippen LogP contribution < -0.4 is 9.46 Å². The van der Waals surface area contributed by atoms with Gasteiger partial charge in [-0.15, -0.1) is 11.3 Å². The van der Waals surface area contributed by atoms with Crippen molar-refractivity contribution in [3.8, 4) is 16.5 Å². The second-order valence-electron chi connectivity index (χ2n) is 6.01. The Hall–Kier alpha value is -2.16. The standard InChI is InChI=1S/C18H21N3O3S2/c1-12-11-25-18(20-12)16-9-17(13(2)21(16)3)26(22,23)19-10-14-6-5-7-15(8-14)24-4/h5-9,11,19H,10H2,1-4H3. The highest BCUT2D eigenvalue weighted by molar-refractivity contribution is 7.89. The minimum absolute atomic E-state index is 0.194. The molecule has 26 heavy (non-hydrogen) atoms. The maximum absolute atomic E-state index is 12.8. The van der Waals surface area contributed by atoms with Crippen LogP contribution in [0.1, 0.15) is 17.0 Å². The van der Waals surface area contributed by atoms with Crippen LogP contribution in [0.5, 0.6) is 5.75 Å². The summed E-state index contributed by atoms with van der Waals surface area (Å²) in [6.45, 7) is 3.91. The number of ether oxygens (including phenoxy) is 1. The molecule has 0 aliphatic rings. The topological polar surface area (TPSA) is 73.2 Å². The van der Waals surface area contributed by atoms with E-state index in [9.17, 15) is 8.42 Å². The van der Waals surface area contributed by atoms with Gasteiger partial charge >= 0.3 is 0 Å². The first-order valence-electron chi connectivity index (χ1n) is 8.03. The van der Waals surface area contributed by atoms with Gasteiger partial charge in [-0.2, -0.15) is 0 Å². The molecular formula is C18H21N3O3S2. The number of methoxy groups -OCH3 is 1. The van der Waals surface area contributed by atoms with Crippen molar-refractivity contribution in [2.75, 3.05) is 7.11 Å². The molecule has 2 aromatic heterocycles. The van der Waals surface area contributed by atoms with E-state index in [0.717, 1.165) is 22.0 Å². The summed E-state index contributed by atoms with van der Waals surface area (Å²) < 4.78 is 35.3. The number of benzene rings is 1. The minimum atomic E-state index is -3.65. The van der Waals surface area contributed by atoms with Gasteiger partial charge in [-0.25, -0.2) is 18.1 Å². The Morgan fingerprint density at radius 3 is 2.69 bits per heavy atom. The average Bonchev–Trinajstić information content (AvgIpc) is 3.18. The summed E-state index contributed by atoms with van der Waals surface area (Å²) in [6, 6.07) is 9.00. The van der Waals surface area contributed by atoms with E-state index < -0.39 is 10.0 Å². The van der Waals surface area contributed by atoms with Crippen LogP contribution in [0.4, 0.5) is 0 Å². The van der Waals surface area contributed by atoms with Gasteiger partial charge in [0.05, 0.1) is 12.8 Å². The van der Waals surface area contributed by atoms with Crippen molar-refractivity contribution in [2.45, 2.75) is 25.3 Å². The van der Waals surface area contributed by atoms with Crippen molar-refractivity contribution in [2.24, 2.45) is 7.05 Å². The number of nitrogens with one attached hydrogen (secondary N) is 1. The quantitative estimate of drug-likeness (QED) is 0.700. The van der Waals surface area contributed by atoms with Crippen LogP contribution in [0.2, 0.25) is 0 Å². The number of aromatic nitrogens is 2. The van der Waals surface area contributed by atoms with E-state index in [-0.39, 0.29) is 11.4 Å². The van der Waals surface area contributed by atoms with Crippen LogP contribution in [-0.4, -0.2) is 25.1 Å². The predicted octanol–water partition coefficient (Wildman–Crippen LogP) is 3.25. The zero-order valence-electron chi connectivity index (χ0n) is 15.1. The molecule has 0 atom stereocenters. The monoisotopic (exact) mass is 391 g/mol. The Morgan fingerprint density at radius 2 is 2.04 bits per heavy atom.